The van der Waals surface area contributed by atoms with E-state index in [-0.39, 0.29) is 39.2 Å². The minimum absolute atomic E-state index is 0.0356. The number of carbonyl (C=O) groups is 1. The zero-order chi connectivity index (χ0) is 39.8. The maximum absolute atomic E-state index is 12.4. The van der Waals surface area contributed by atoms with E-state index in [0.717, 1.165) is 44.9 Å². The summed E-state index contributed by atoms with van der Waals surface area (Å²) in [6.07, 6.45) is 40.8. The molecule has 0 rings (SSSR count). The molecule has 0 amide bonds. The third-order valence-corrected chi connectivity index (χ3v) is 9.68. The maximum atomic E-state index is 12.4. The van der Waals surface area contributed by atoms with Crippen LogP contribution < -0.4 is 5.73 Å². The van der Waals surface area contributed by atoms with Gasteiger partial charge in [0.15, 0.2) is 6.10 Å². The van der Waals surface area contributed by atoms with Gasteiger partial charge in [-0.25, -0.2) is 4.57 Å². The average molecular weight is 784 g/mol. The van der Waals surface area contributed by atoms with Crippen molar-refractivity contribution < 1.29 is 43.0 Å². The molecule has 0 aliphatic rings. The number of ether oxygens (including phenoxy) is 2. The second-order valence-corrected chi connectivity index (χ2v) is 15.3. The molecule has 0 fully saturated rings. The van der Waals surface area contributed by atoms with E-state index in [1.54, 1.807) is 0 Å². The summed E-state index contributed by atoms with van der Waals surface area (Å²) in [5.41, 5.74) is 5.34. The Morgan fingerprint density at radius 1 is 0.648 bits per heavy atom. The van der Waals surface area contributed by atoms with Crippen LogP contribution in [0.15, 0.2) is 60.9 Å². The number of hydrogen-bond donors (Lipinski definition) is 4. The lowest BCUT2D eigenvalue weighted by molar-refractivity contribution is -0.147. The standard InChI is InChI=1S/C43H78NO9P/c1-3-5-7-9-11-13-15-17-18-19-20-22-24-26-28-30-36-50-40(39-53-54(48,49)52-37-35-44)38-51-43(47)34-31-33-42(46)41(45)32-29-27-25-23-21-16-14-12-10-8-6-4-2/h12,14,17-18,21,23,27,29-30,36,40-42,45-46H,3-11,13,15-16,19-20,22,24-26,28,31-35,37-39,44H2,1-2H3,(H,48,49)/b14-12-,18-17-,23-21-,29-27-,36-30+/t40-,41?,42?/m1/s1. The smallest absolute Gasteiger partial charge is 0.472 e. The molecule has 0 saturated carbocycles. The first-order valence-corrected chi connectivity index (χ1v) is 22.5. The summed E-state index contributed by atoms with van der Waals surface area (Å²) < 4.78 is 33.0. The highest BCUT2D eigenvalue weighted by atomic mass is 31.2. The van der Waals surface area contributed by atoms with Crippen molar-refractivity contribution in [2.75, 3.05) is 26.4 Å². The molecule has 0 aliphatic heterocycles. The number of esters is 1. The molecule has 0 spiro atoms. The lowest BCUT2D eigenvalue weighted by Crippen LogP contribution is -2.27. The highest BCUT2D eigenvalue weighted by Crippen LogP contribution is 2.43. The fourth-order valence-corrected chi connectivity index (χ4v) is 6.14. The Morgan fingerprint density at radius 3 is 1.80 bits per heavy atom. The van der Waals surface area contributed by atoms with Gasteiger partial charge in [-0.15, -0.1) is 0 Å². The zero-order valence-corrected chi connectivity index (χ0v) is 34.8. The molecule has 0 aromatic rings. The molecule has 314 valence electrons. The summed E-state index contributed by atoms with van der Waals surface area (Å²) in [7, 11) is -4.34. The molecule has 0 heterocycles. The van der Waals surface area contributed by atoms with Crippen molar-refractivity contribution in [3.63, 3.8) is 0 Å². The van der Waals surface area contributed by atoms with Crippen molar-refractivity contribution in [2.45, 2.75) is 180 Å². The van der Waals surface area contributed by atoms with Gasteiger partial charge in [-0.1, -0.05) is 120 Å². The van der Waals surface area contributed by atoms with Gasteiger partial charge in [0.1, 0.15) is 6.61 Å². The highest BCUT2D eigenvalue weighted by molar-refractivity contribution is 7.47. The number of phosphoric acid groups is 1. The number of unbranched alkanes of at least 4 members (excludes halogenated alkanes) is 14. The average Bonchev–Trinajstić information content (AvgIpc) is 3.16. The lowest BCUT2D eigenvalue weighted by Gasteiger charge is -2.19. The van der Waals surface area contributed by atoms with E-state index in [0.29, 0.717) is 12.8 Å². The third-order valence-electron chi connectivity index (χ3n) is 8.70. The number of carbonyl (C=O) groups excluding carboxylic acids is 1. The first kappa shape index (κ1) is 52.0. The summed E-state index contributed by atoms with van der Waals surface area (Å²) >= 11 is 0. The van der Waals surface area contributed by atoms with Gasteiger partial charge in [-0.3, -0.25) is 13.8 Å². The van der Waals surface area contributed by atoms with Crippen LogP contribution in [-0.4, -0.2) is 65.8 Å². The van der Waals surface area contributed by atoms with E-state index in [1.165, 1.54) is 83.3 Å². The molecular formula is C43H78NO9P. The summed E-state index contributed by atoms with van der Waals surface area (Å²) in [6, 6.07) is 0. The largest absolute Gasteiger partial charge is 0.492 e. The van der Waals surface area contributed by atoms with Crippen LogP contribution in [0.4, 0.5) is 0 Å². The van der Waals surface area contributed by atoms with E-state index in [9.17, 15) is 24.5 Å². The fourth-order valence-electron chi connectivity index (χ4n) is 5.37. The van der Waals surface area contributed by atoms with Crippen molar-refractivity contribution in [3.05, 3.63) is 60.9 Å². The van der Waals surface area contributed by atoms with Crippen LogP contribution in [0.5, 0.6) is 0 Å². The van der Waals surface area contributed by atoms with Crippen molar-refractivity contribution in [1.82, 2.24) is 0 Å². The van der Waals surface area contributed by atoms with E-state index in [1.807, 2.05) is 18.2 Å². The van der Waals surface area contributed by atoms with Gasteiger partial charge in [0.2, 0.25) is 0 Å². The molecule has 0 bridgehead atoms. The summed E-state index contributed by atoms with van der Waals surface area (Å²) in [4.78, 5) is 22.3. The van der Waals surface area contributed by atoms with Gasteiger partial charge >= 0.3 is 13.8 Å². The van der Waals surface area contributed by atoms with Gasteiger partial charge in [0, 0.05) is 13.0 Å². The molecule has 0 aromatic heterocycles. The number of phosphoric ester groups is 1. The van der Waals surface area contributed by atoms with Gasteiger partial charge in [-0.2, -0.15) is 0 Å². The normalized spacial score (nSPS) is 15.2. The molecule has 54 heavy (non-hydrogen) atoms. The first-order chi connectivity index (χ1) is 26.3. The molecule has 0 radical (unpaired) electrons. The Bertz CT molecular complexity index is 1050. The number of allylic oxidation sites excluding steroid dienone is 8. The molecule has 3 unspecified atom stereocenters. The van der Waals surface area contributed by atoms with E-state index >= 15 is 0 Å². The Morgan fingerprint density at radius 2 is 1.17 bits per heavy atom. The van der Waals surface area contributed by atoms with Crippen molar-refractivity contribution in [3.8, 4) is 0 Å². The molecule has 5 N–H and O–H groups in total. The highest BCUT2D eigenvalue weighted by Gasteiger charge is 2.24. The fraction of sp³-hybridized carbons (Fsp3) is 0.744. The van der Waals surface area contributed by atoms with Crippen molar-refractivity contribution in [2.24, 2.45) is 5.73 Å². The number of aliphatic hydroxyl groups excluding tert-OH is 2. The van der Waals surface area contributed by atoms with Gasteiger partial charge in [0.05, 0.1) is 31.7 Å². The van der Waals surface area contributed by atoms with E-state index in [4.69, 9.17) is 24.3 Å². The van der Waals surface area contributed by atoms with Crippen LogP contribution in [0.3, 0.4) is 0 Å². The van der Waals surface area contributed by atoms with Crippen LogP contribution in [-0.2, 0) is 27.9 Å². The second-order valence-electron chi connectivity index (χ2n) is 13.9. The van der Waals surface area contributed by atoms with Crippen LogP contribution in [0.2, 0.25) is 0 Å². The minimum atomic E-state index is -4.34. The SMILES string of the molecule is CCCCC/C=C\C/C=C\C/C=C\CC(O)C(O)CCCC(=O)OC[C@H](COP(=O)(O)OCCN)O/C=C/CCCCCC/C=C\CCCCCCCC. The van der Waals surface area contributed by atoms with E-state index in [2.05, 4.69) is 50.3 Å². The predicted molar refractivity (Wildman–Crippen MR) is 222 cm³/mol. The quantitative estimate of drug-likeness (QED) is 0.0155. The van der Waals surface area contributed by atoms with Crippen LogP contribution in [0.25, 0.3) is 0 Å². The minimum Gasteiger partial charge on any atom is -0.492 e. The Kier molecular flexibility index (Phi) is 37.7. The molecular weight excluding hydrogens is 705 g/mol. The molecule has 0 aromatic carbocycles. The second kappa shape index (κ2) is 39.2. The van der Waals surface area contributed by atoms with E-state index < -0.39 is 32.1 Å². The number of aliphatic hydroxyl groups is 2. The summed E-state index contributed by atoms with van der Waals surface area (Å²) in [6.45, 7) is 3.82. The summed E-state index contributed by atoms with van der Waals surface area (Å²) in [5.74, 6) is -0.513. The van der Waals surface area contributed by atoms with Crippen LogP contribution in [0.1, 0.15) is 162 Å². The predicted octanol–water partition coefficient (Wildman–Crippen LogP) is 10.5. The maximum Gasteiger partial charge on any atom is 0.472 e. The van der Waals surface area contributed by atoms with Crippen molar-refractivity contribution >= 4 is 13.8 Å². The van der Waals surface area contributed by atoms with Gasteiger partial charge in [0.25, 0.3) is 0 Å². The number of rotatable bonds is 39. The Labute approximate surface area is 329 Å². The molecule has 0 aliphatic carbocycles. The van der Waals surface area contributed by atoms with Gasteiger partial charge in [-0.05, 0) is 89.5 Å². The number of nitrogens with two attached hydrogens (primary N) is 1. The monoisotopic (exact) mass is 784 g/mol. The topological polar surface area (TPSA) is 158 Å². The lowest BCUT2D eigenvalue weighted by atomic mass is 10.0. The Hall–Kier alpha value is -2.04. The zero-order valence-electron chi connectivity index (χ0n) is 33.9. The van der Waals surface area contributed by atoms with Crippen molar-refractivity contribution in [1.29, 1.82) is 0 Å². The third kappa shape index (κ3) is 36.9. The molecule has 11 heteroatoms. The van der Waals surface area contributed by atoms with Crippen LogP contribution >= 0.6 is 7.82 Å². The molecule has 10 nitrogen and oxygen atoms in total. The number of hydrogen-bond acceptors (Lipinski definition) is 9. The first-order valence-electron chi connectivity index (χ1n) is 21.0. The Balaban J connectivity index is 4.38. The van der Waals surface area contributed by atoms with Gasteiger partial charge < -0.3 is 30.3 Å². The molecule has 0 saturated heterocycles. The summed E-state index contributed by atoms with van der Waals surface area (Å²) in [5, 5.41) is 20.6. The van der Waals surface area contributed by atoms with Crippen LogP contribution in [0, 0.1) is 0 Å². The molecule has 4 atom stereocenters.